The fourth-order valence-corrected chi connectivity index (χ4v) is 4.71. The highest BCUT2D eigenvalue weighted by atomic mass is 16.5. The smallest absolute Gasteiger partial charge is 0.225 e. The van der Waals surface area contributed by atoms with Gasteiger partial charge in [-0.25, -0.2) is 0 Å². The van der Waals surface area contributed by atoms with E-state index in [1.165, 1.54) is 11.1 Å². The summed E-state index contributed by atoms with van der Waals surface area (Å²) in [5.74, 6) is 1.27. The van der Waals surface area contributed by atoms with Crippen LogP contribution in [-0.4, -0.2) is 60.1 Å². The molecule has 33 heavy (non-hydrogen) atoms. The van der Waals surface area contributed by atoms with Crippen molar-refractivity contribution < 1.29 is 9.53 Å². The number of anilines is 2. The van der Waals surface area contributed by atoms with Crippen LogP contribution in [0.1, 0.15) is 31.2 Å². The van der Waals surface area contributed by atoms with Gasteiger partial charge in [0.25, 0.3) is 0 Å². The Morgan fingerprint density at radius 3 is 2.88 bits per heavy atom. The molecule has 0 spiro atoms. The van der Waals surface area contributed by atoms with Crippen LogP contribution in [-0.2, 0) is 11.2 Å². The zero-order valence-electron chi connectivity index (χ0n) is 19.0. The van der Waals surface area contributed by atoms with E-state index in [-0.39, 0.29) is 5.91 Å². The predicted molar refractivity (Wildman–Crippen MR) is 131 cm³/mol. The fraction of sp³-hybridized carbons (Fsp3) is 0.423. The van der Waals surface area contributed by atoms with Crippen molar-refractivity contribution in [1.82, 2.24) is 14.9 Å². The molecule has 7 heteroatoms. The summed E-state index contributed by atoms with van der Waals surface area (Å²) >= 11 is 0. The number of nitrogens with one attached hydrogen (secondary N) is 1. The number of carbonyl (C=O) groups is 1. The fourth-order valence-electron chi connectivity index (χ4n) is 4.71. The van der Waals surface area contributed by atoms with Gasteiger partial charge in [-0.2, -0.15) is 4.98 Å². The van der Waals surface area contributed by atoms with Gasteiger partial charge in [0, 0.05) is 49.4 Å². The zero-order valence-corrected chi connectivity index (χ0v) is 19.0. The highest BCUT2D eigenvalue weighted by Crippen LogP contribution is 2.26. The van der Waals surface area contributed by atoms with Gasteiger partial charge in [0.2, 0.25) is 11.8 Å². The van der Waals surface area contributed by atoms with Gasteiger partial charge < -0.3 is 19.9 Å². The number of para-hydroxylation sites is 1. The van der Waals surface area contributed by atoms with Gasteiger partial charge in [-0.3, -0.25) is 9.78 Å². The van der Waals surface area contributed by atoms with Crippen molar-refractivity contribution in [3.05, 3.63) is 54.2 Å². The molecule has 1 fully saturated rings. The van der Waals surface area contributed by atoms with Crippen molar-refractivity contribution in [1.29, 1.82) is 0 Å². The molecule has 4 heterocycles. The van der Waals surface area contributed by atoms with Crippen LogP contribution in [0.2, 0.25) is 0 Å². The Bertz CT molecular complexity index is 1110. The van der Waals surface area contributed by atoms with Crippen LogP contribution in [0.15, 0.2) is 48.7 Å². The molecule has 0 aliphatic carbocycles. The number of ether oxygens (including phenoxy) is 1. The summed E-state index contributed by atoms with van der Waals surface area (Å²) in [6, 6.07) is 14.5. The maximum Gasteiger partial charge on any atom is 0.225 e. The monoisotopic (exact) mass is 445 g/mol. The number of benzene rings is 1. The first-order chi connectivity index (χ1) is 16.3. The van der Waals surface area contributed by atoms with Crippen molar-refractivity contribution in [2.24, 2.45) is 0 Å². The highest BCUT2D eigenvalue weighted by Gasteiger charge is 2.18. The lowest BCUT2D eigenvalue weighted by Gasteiger charge is -2.24. The maximum absolute atomic E-state index is 11.6. The first kappa shape index (κ1) is 21.6. The van der Waals surface area contributed by atoms with Crippen molar-refractivity contribution in [3.8, 4) is 5.88 Å². The summed E-state index contributed by atoms with van der Waals surface area (Å²) in [7, 11) is 0. The first-order valence-electron chi connectivity index (χ1n) is 12.0. The molecule has 0 bridgehead atoms. The average Bonchev–Trinajstić information content (AvgIpc) is 3.09. The average molecular weight is 446 g/mol. The molecule has 172 valence electrons. The number of rotatable bonds is 7. The van der Waals surface area contributed by atoms with Gasteiger partial charge in [-0.15, -0.1) is 0 Å². The molecule has 7 nitrogen and oxygen atoms in total. The largest absolute Gasteiger partial charge is 0.478 e. The molecular weight excluding hydrogens is 414 g/mol. The van der Waals surface area contributed by atoms with Crippen LogP contribution in [0.25, 0.3) is 10.9 Å². The Morgan fingerprint density at radius 2 is 1.91 bits per heavy atom. The summed E-state index contributed by atoms with van der Waals surface area (Å²) in [5.41, 5.74) is 3.44. The Morgan fingerprint density at radius 1 is 0.970 bits per heavy atom. The minimum atomic E-state index is 0.0280. The minimum absolute atomic E-state index is 0.0280. The molecular formula is C26H31N5O2. The highest BCUT2D eigenvalue weighted by molar-refractivity contribution is 5.93. The third-order valence-corrected chi connectivity index (χ3v) is 6.51. The molecule has 1 N–H and O–H groups in total. The number of pyridine rings is 2. The molecule has 0 radical (unpaired) electrons. The lowest BCUT2D eigenvalue weighted by atomic mass is 10.1. The van der Waals surface area contributed by atoms with E-state index >= 15 is 0 Å². The number of fused-ring (bicyclic) bond motifs is 2. The van der Waals surface area contributed by atoms with Crippen molar-refractivity contribution >= 4 is 28.3 Å². The summed E-state index contributed by atoms with van der Waals surface area (Å²) < 4.78 is 5.84. The van der Waals surface area contributed by atoms with Gasteiger partial charge in [0.15, 0.2) is 0 Å². The van der Waals surface area contributed by atoms with Gasteiger partial charge in [0.05, 0.1) is 12.1 Å². The second-order valence-electron chi connectivity index (χ2n) is 8.79. The zero-order chi connectivity index (χ0) is 22.5. The molecule has 0 saturated carbocycles. The van der Waals surface area contributed by atoms with Crippen LogP contribution in [0.3, 0.4) is 0 Å². The normalized spacial score (nSPS) is 16.8. The van der Waals surface area contributed by atoms with E-state index in [1.54, 1.807) is 0 Å². The second kappa shape index (κ2) is 10.2. The second-order valence-corrected chi connectivity index (χ2v) is 8.79. The van der Waals surface area contributed by atoms with E-state index in [0.717, 1.165) is 69.5 Å². The molecule has 1 aromatic carbocycles. The summed E-state index contributed by atoms with van der Waals surface area (Å²) in [6.45, 7) is 6.05. The van der Waals surface area contributed by atoms with E-state index in [9.17, 15) is 4.79 Å². The maximum atomic E-state index is 11.6. The topological polar surface area (TPSA) is 70.6 Å². The third kappa shape index (κ3) is 5.25. The Labute approximate surface area is 194 Å². The molecule has 0 atom stereocenters. The molecule has 2 aromatic heterocycles. The number of aryl methyl sites for hydroxylation is 1. The van der Waals surface area contributed by atoms with Crippen molar-refractivity contribution in [2.75, 3.05) is 49.5 Å². The van der Waals surface area contributed by atoms with Gasteiger partial charge in [-0.1, -0.05) is 18.2 Å². The number of hydrogen-bond donors (Lipinski definition) is 1. The number of amides is 1. The molecule has 5 rings (SSSR count). The SMILES string of the molecule is O=C1CCc2ccc(OCCCCN3CCCN(c4ccnc5ccccc45)CC3)nc2N1. The number of carbonyl (C=O) groups excluding carboxylic acids is 1. The summed E-state index contributed by atoms with van der Waals surface area (Å²) in [5, 5.41) is 4.07. The Balaban J connectivity index is 1.07. The van der Waals surface area contributed by atoms with Crippen LogP contribution in [0, 0.1) is 0 Å². The van der Waals surface area contributed by atoms with E-state index < -0.39 is 0 Å². The number of hydrogen-bond acceptors (Lipinski definition) is 6. The molecule has 0 unspecified atom stereocenters. The Hall–Kier alpha value is -3.19. The minimum Gasteiger partial charge on any atom is -0.478 e. The third-order valence-electron chi connectivity index (χ3n) is 6.51. The molecule has 2 aliphatic heterocycles. The van der Waals surface area contributed by atoms with Gasteiger partial charge in [-0.05, 0) is 62.5 Å². The number of unbranched alkanes of at least 4 members (excludes halogenated alkanes) is 1. The molecule has 3 aromatic rings. The lowest BCUT2D eigenvalue weighted by Crippen LogP contribution is -2.31. The van der Waals surface area contributed by atoms with Crippen LogP contribution < -0.4 is 15.0 Å². The molecule has 1 amide bonds. The van der Waals surface area contributed by atoms with E-state index in [2.05, 4.69) is 49.4 Å². The van der Waals surface area contributed by atoms with Gasteiger partial charge in [0.1, 0.15) is 5.82 Å². The molecule has 2 aliphatic rings. The Kier molecular flexibility index (Phi) is 6.67. The predicted octanol–water partition coefficient (Wildman–Crippen LogP) is 3.89. The van der Waals surface area contributed by atoms with Crippen LogP contribution in [0.4, 0.5) is 11.5 Å². The van der Waals surface area contributed by atoms with Crippen LogP contribution in [0.5, 0.6) is 5.88 Å². The van der Waals surface area contributed by atoms with Crippen molar-refractivity contribution in [3.63, 3.8) is 0 Å². The summed E-state index contributed by atoms with van der Waals surface area (Å²) in [4.78, 5) is 25.6. The standard InChI is InChI=1S/C26H31N5O2/c32-24-10-8-20-9-11-25(29-26(20)28-24)33-19-4-3-14-30-15-5-16-31(18-17-30)23-12-13-27-22-7-2-1-6-21(22)23/h1-2,6-7,9,11-13H,3-5,8,10,14-19H2,(H,28,29,32). The quantitative estimate of drug-likeness (QED) is 0.557. The first-order valence-corrected chi connectivity index (χ1v) is 12.0. The number of aromatic nitrogens is 2. The van der Waals surface area contributed by atoms with Crippen LogP contribution >= 0.6 is 0 Å². The summed E-state index contributed by atoms with van der Waals surface area (Å²) in [6.07, 6.45) is 6.45. The van der Waals surface area contributed by atoms with E-state index in [1.807, 2.05) is 24.4 Å². The van der Waals surface area contributed by atoms with E-state index in [0.29, 0.717) is 24.7 Å². The van der Waals surface area contributed by atoms with E-state index in [4.69, 9.17) is 4.74 Å². The van der Waals surface area contributed by atoms with Crippen molar-refractivity contribution in [2.45, 2.75) is 32.1 Å². The number of nitrogens with zero attached hydrogens (tertiary/aromatic N) is 4. The lowest BCUT2D eigenvalue weighted by molar-refractivity contribution is -0.116. The van der Waals surface area contributed by atoms with Gasteiger partial charge >= 0.3 is 0 Å². The molecule has 1 saturated heterocycles.